The van der Waals surface area contributed by atoms with Gasteiger partial charge in [-0.1, -0.05) is 26.0 Å². The Balaban J connectivity index is 1.57. The Bertz CT molecular complexity index is 674. The molecule has 3 rings (SSSR count). The van der Waals surface area contributed by atoms with E-state index in [-0.39, 0.29) is 17.9 Å². The van der Waals surface area contributed by atoms with Crippen molar-refractivity contribution in [2.24, 2.45) is 0 Å². The van der Waals surface area contributed by atoms with Crippen molar-refractivity contribution in [3.63, 3.8) is 0 Å². The van der Waals surface area contributed by atoms with Crippen LogP contribution in [0, 0.1) is 0 Å². The zero-order chi connectivity index (χ0) is 20.1. The average molecular weight is 388 g/mol. The molecule has 0 aromatic heterocycles. The fraction of sp³-hybridized carbons (Fsp3) is 0.636. The van der Waals surface area contributed by atoms with Crippen molar-refractivity contribution in [2.45, 2.75) is 38.6 Å². The van der Waals surface area contributed by atoms with Crippen LogP contribution in [0.2, 0.25) is 0 Å². The summed E-state index contributed by atoms with van der Waals surface area (Å²) in [6, 6.07) is 7.93. The van der Waals surface area contributed by atoms with Crippen LogP contribution in [0.3, 0.4) is 0 Å². The van der Waals surface area contributed by atoms with Crippen LogP contribution in [0.25, 0.3) is 0 Å². The van der Waals surface area contributed by atoms with Gasteiger partial charge < -0.3 is 14.5 Å². The first-order valence-corrected chi connectivity index (χ1v) is 10.4. The first-order valence-electron chi connectivity index (χ1n) is 10.4. The third kappa shape index (κ3) is 4.73. The maximum Gasteiger partial charge on any atom is 0.253 e. The number of ether oxygens (including phenoxy) is 1. The number of hydrogen-bond donors (Lipinski definition) is 0. The Kier molecular flexibility index (Phi) is 7.08. The molecular weight excluding hydrogens is 354 g/mol. The zero-order valence-electron chi connectivity index (χ0n) is 17.4. The highest BCUT2D eigenvalue weighted by atomic mass is 16.5. The second kappa shape index (κ2) is 9.52. The molecule has 6 nitrogen and oxygen atoms in total. The summed E-state index contributed by atoms with van der Waals surface area (Å²) in [7, 11) is 1.66. The monoisotopic (exact) mass is 387 g/mol. The third-order valence-corrected chi connectivity index (χ3v) is 5.92. The number of likely N-dealkylation sites (tertiary alicyclic amines) is 1. The normalized spacial score (nSPS) is 21.4. The van der Waals surface area contributed by atoms with Crippen molar-refractivity contribution in [3.05, 3.63) is 35.4 Å². The van der Waals surface area contributed by atoms with Gasteiger partial charge in [0.15, 0.2) is 0 Å². The number of carbonyl (C=O) groups excluding carboxylic acids is 2. The van der Waals surface area contributed by atoms with E-state index in [2.05, 4.69) is 18.7 Å². The van der Waals surface area contributed by atoms with Gasteiger partial charge in [-0.15, -0.1) is 0 Å². The van der Waals surface area contributed by atoms with Gasteiger partial charge in [-0.25, -0.2) is 0 Å². The molecule has 0 spiro atoms. The van der Waals surface area contributed by atoms with E-state index in [9.17, 15) is 9.59 Å². The molecule has 1 unspecified atom stereocenters. The molecule has 0 bridgehead atoms. The smallest absolute Gasteiger partial charge is 0.253 e. The van der Waals surface area contributed by atoms with Gasteiger partial charge in [-0.3, -0.25) is 14.5 Å². The molecule has 1 atom stereocenters. The lowest BCUT2D eigenvalue weighted by Gasteiger charge is -2.26. The van der Waals surface area contributed by atoms with Crippen LogP contribution in [-0.4, -0.2) is 85.5 Å². The molecule has 2 fully saturated rings. The molecule has 1 aromatic carbocycles. The molecule has 2 heterocycles. The SMILES string of the molecule is COCCN1CCC(N2CCCN(C(=O)c3ccc(C(C)C)cc3)CC2)C1=O. The largest absolute Gasteiger partial charge is 0.383 e. The minimum atomic E-state index is -0.0442. The fourth-order valence-corrected chi connectivity index (χ4v) is 4.13. The number of rotatable bonds is 6. The van der Waals surface area contributed by atoms with Crippen molar-refractivity contribution in [1.82, 2.24) is 14.7 Å². The Morgan fingerprint density at radius 1 is 1.11 bits per heavy atom. The van der Waals surface area contributed by atoms with E-state index >= 15 is 0 Å². The molecular formula is C22H33N3O3. The lowest BCUT2D eigenvalue weighted by molar-refractivity contribution is -0.132. The second-order valence-electron chi connectivity index (χ2n) is 8.08. The molecule has 2 aliphatic heterocycles. The molecule has 0 aliphatic carbocycles. The van der Waals surface area contributed by atoms with E-state index in [1.165, 1.54) is 5.56 Å². The maximum atomic E-state index is 12.9. The van der Waals surface area contributed by atoms with Gasteiger partial charge in [0.25, 0.3) is 5.91 Å². The first-order chi connectivity index (χ1) is 13.5. The molecule has 2 saturated heterocycles. The van der Waals surface area contributed by atoms with Gasteiger partial charge in [-0.2, -0.15) is 0 Å². The number of benzene rings is 1. The van der Waals surface area contributed by atoms with Crippen LogP contribution in [-0.2, 0) is 9.53 Å². The van der Waals surface area contributed by atoms with Crippen molar-refractivity contribution in [2.75, 3.05) is 53.0 Å². The Morgan fingerprint density at radius 2 is 1.86 bits per heavy atom. The van der Waals surface area contributed by atoms with Gasteiger partial charge in [0, 0.05) is 51.9 Å². The van der Waals surface area contributed by atoms with Crippen LogP contribution in [0.15, 0.2) is 24.3 Å². The second-order valence-corrected chi connectivity index (χ2v) is 8.08. The molecule has 6 heteroatoms. The minimum Gasteiger partial charge on any atom is -0.383 e. The summed E-state index contributed by atoms with van der Waals surface area (Å²) in [5.74, 6) is 0.765. The van der Waals surface area contributed by atoms with Gasteiger partial charge in [-0.05, 0) is 36.5 Å². The molecule has 0 N–H and O–H groups in total. The van der Waals surface area contributed by atoms with Gasteiger partial charge in [0.05, 0.1) is 12.6 Å². The average Bonchev–Trinajstić information content (AvgIpc) is 2.91. The first kappa shape index (κ1) is 20.8. The van der Waals surface area contributed by atoms with E-state index < -0.39 is 0 Å². The third-order valence-electron chi connectivity index (χ3n) is 5.92. The van der Waals surface area contributed by atoms with Crippen molar-refractivity contribution < 1.29 is 14.3 Å². The molecule has 28 heavy (non-hydrogen) atoms. The van der Waals surface area contributed by atoms with E-state index in [0.29, 0.717) is 25.6 Å². The van der Waals surface area contributed by atoms with Crippen molar-refractivity contribution in [1.29, 1.82) is 0 Å². The summed E-state index contributed by atoms with van der Waals surface area (Å²) in [6.07, 6.45) is 1.77. The van der Waals surface area contributed by atoms with Crippen LogP contribution in [0.1, 0.15) is 48.5 Å². The lowest BCUT2D eigenvalue weighted by atomic mass is 10.0. The van der Waals surface area contributed by atoms with Crippen LogP contribution < -0.4 is 0 Å². The number of methoxy groups -OCH3 is 1. The van der Waals surface area contributed by atoms with Crippen molar-refractivity contribution >= 4 is 11.8 Å². The summed E-state index contributed by atoms with van der Waals surface area (Å²) in [5.41, 5.74) is 2.00. The predicted molar refractivity (Wildman–Crippen MR) is 109 cm³/mol. The van der Waals surface area contributed by atoms with E-state index in [0.717, 1.165) is 44.6 Å². The Morgan fingerprint density at radius 3 is 2.54 bits per heavy atom. The van der Waals surface area contributed by atoms with Gasteiger partial charge in [0.2, 0.25) is 5.91 Å². The quantitative estimate of drug-likeness (QED) is 0.751. The van der Waals surface area contributed by atoms with Gasteiger partial charge >= 0.3 is 0 Å². The van der Waals surface area contributed by atoms with E-state index in [4.69, 9.17) is 4.74 Å². The van der Waals surface area contributed by atoms with Crippen LogP contribution in [0.4, 0.5) is 0 Å². The highest BCUT2D eigenvalue weighted by Crippen LogP contribution is 2.20. The van der Waals surface area contributed by atoms with Crippen molar-refractivity contribution in [3.8, 4) is 0 Å². The highest BCUT2D eigenvalue weighted by molar-refractivity contribution is 5.94. The number of nitrogens with zero attached hydrogens (tertiary/aromatic N) is 3. The topological polar surface area (TPSA) is 53.1 Å². The summed E-state index contributed by atoms with van der Waals surface area (Å²) < 4.78 is 5.10. The predicted octanol–water partition coefficient (Wildman–Crippen LogP) is 2.21. The lowest BCUT2D eigenvalue weighted by Crippen LogP contribution is -2.44. The standard InChI is InChI=1S/C22H33N3O3/c1-17(2)18-5-7-19(8-6-18)21(26)24-11-4-10-23(13-14-24)20-9-12-25(22(20)27)15-16-28-3/h5-8,17,20H,4,9-16H2,1-3H3. The summed E-state index contributed by atoms with van der Waals surface area (Å²) >= 11 is 0. The molecule has 1 aromatic rings. The Hall–Kier alpha value is -1.92. The zero-order valence-corrected chi connectivity index (χ0v) is 17.4. The van der Waals surface area contributed by atoms with E-state index in [1.54, 1.807) is 7.11 Å². The molecule has 154 valence electrons. The molecule has 2 amide bonds. The summed E-state index contributed by atoms with van der Waals surface area (Å²) in [5, 5.41) is 0. The van der Waals surface area contributed by atoms with Crippen LogP contribution in [0.5, 0.6) is 0 Å². The fourth-order valence-electron chi connectivity index (χ4n) is 4.13. The molecule has 0 radical (unpaired) electrons. The highest BCUT2D eigenvalue weighted by Gasteiger charge is 2.36. The number of hydrogen-bond acceptors (Lipinski definition) is 4. The molecule has 0 saturated carbocycles. The van der Waals surface area contributed by atoms with E-state index in [1.807, 2.05) is 34.1 Å². The maximum absolute atomic E-state index is 12.9. The van der Waals surface area contributed by atoms with Crippen LogP contribution >= 0.6 is 0 Å². The summed E-state index contributed by atoms with van der Waals surface area (Å²) in [4.78, 5) is 31.7. The number of amides is 2. The van der Waals surface area contributed by atoms with Gasteiger partial charge in [0.1, 0.15) is 0 Å². The Labute approximate surface area is 168 Å². The summed E-state index contributed by atoms with van der Waals surface area (Å²) in [6.45, 7) is 9.39. The number of carbonyl (C=O) groups is 2. The minimum absolute atomic E-state index is 0.0442. The molecule has 2 aliphatic rings.